The Balaban J connectivity index is 1.69. The van der Waals surface area contributed by atoms with Gasteiger partial charge in [-0.2, -0.15) is 0 Å². The molecule has 0 amide bonds. The van der Waals surface area contributed by atoms with Gasteiger partial charge >= 0.3 is 0 Å². The monoisotopic (exact) mass is 508 g/mol. The van der Waals surface area contributed by atoms with E-state index in [1.54, 1.807) is 43.7 Å². The van der Waals surface area contributed by atoms with Crippen molar-refractivity contribution in [1.82, 2.24) is 29.7 Å². The van der Waals surface area contributed by atoms with Crippen molar-refractivity contribution in [1.29, 1.82) is 0 Å². The summed E-state index contributed by atoms with van der Waals surface area (Å²) in [7, 11) is -3.84. The first-order valence-electron chi connectivity index (χ1n) is 10.7. The molecule has 34 heavy (non-hydrogen) atoms. The van der Waals surface area contributed by atoms with Gasteiger partial charge in [0.15, 0.2) is 21.5 Å². The van der Waals surface area contributed by atoms with E-state index in [-0.39, 0.29) is 31.0 Å². The number of aliphatic hydroxyl groups excluding tert-OH is 1. The third kappa shape index (κ3) is 4.90. The van der Waals surface area contributed by atoms with Crippen LogP contribution < -0.4 is 4.74 Å². The number of rotatable bonds is 8. The molecule has 4 heterocycles. The second-order valence-corrected chi connectivity index (χ2v) is 11.0. The zero-order chi connectivity index (χ0) is 24.5. The van der Waals surface area contributed by atoms with E-state index in [1.807, 2.05) is 0 Å². The highest BCUT2D eigenvalue weighted by atomic mass is 35.5. The number of sulfone groups is 1. The van der Waals surface area contributed by atoms with Gasteiger partial charge < -0.3 is 19.1 Å². The molecular formula is C21H25ClN6O5S. The highest BCUT2D eigenvalue weighted by Gasteiger charge is 2.37. The van der Waals surface area contributed by atoms with Crippen LogP contribution in [0, 0.1) is 0 Å². The van der Waals surface area contributed by atoms with Crippen molar-refractivity contribution in [3.63, 3.8) is 0 Å². The van der Waals surface area contributed by atoms with Crippen molar-refractivity contribution < 1.29 is 23.0 Å². The Labute approximate surface area is 202 Å². The van der Waals surface area contributed by atoms with Gasteiger partial charge in [0.25, 0.3) is 0 Å². The zero-order valence-corrected chi connectivity index (χ0v) is 20.4. The molecule has 0 radical (unpaired) electrons. The average Bonchev–Trinajstić information content (AvgIpc) is 3.12. The van der Waals surface area contributed by atoms with E-state index >= 15 is 0 Å². The minimum atomic E-state index is -3.84. The summed E-state index contributed by atoms with van der Waals surface area (Å²) in [5.41, 5.74) is 0.568. The third-order valence-corrected chi connectivity index (χ3v) is 7.64. The molecule has 3 aromatic heterocycles. The van der Waals surface area contributed by atoms with Crippen molar-refractivity contribution in [2.75, 3.05) is 13.2 Å². The number of aromatic nitrogens is 6. The molecule has 0 bridgehead atoms. The molecule has 1 N–H and O–H groups in total. The van der Waals surface area contributed by atoms with E-state index in [9.17, 15) is 13.5 Å². The number of aliphatic hydroxyl groups is 1. The van der Waals surface area contributed by atoms with E-state index in [1.165, 1.54) is 12.4 Å². The summed E-state index contributed by atoms with van der Waals surface area (Å²) < 4.78 is 40.3. The quantitative estimate of drug-likeness (QED) is 0.480. The van der Waals surface area contributed by atoms with Gasteiger partial charge in [-0.15, -0.1) is 10.2 Å². The molecule has 13 heteroatoms. The molecule has 11 nitrogen and oxygen atoms in total. The molecule has 3 atom stereocenters. The number of nitrogens with zero attached hydrogens (tertiary/aromatic N) is 6. The summed E-state index contributed by atoms with van der Waals surface area (Å²) >= 11 is 5.89. The number of pyridine rings is 1. The normalized spacial score (nSPS) is 17.4. The Morgan fingerprint density at radius 1 is 1.24 bits per heavy atom. The van der Waals surface area contributed by atoms with Crippen molar-refractivity contribution in [3.05, 3.63) is 47.4 Å². The lowest BCUT2D eigenvalue weighted by Crippen LogP contribution is -2.32. The predicted octanol–water partition coefficient (Wildman–Crippen LogP) is 2.18. The van der Waals surface area contributed by atoms with Crippen LogP contribution in [0.5, 0.6) is 5.88 Å². The first-order valence-corrected chi connectivity index (χ1v) is 12.8. The Hall–Kier alpha value is -2.67. The van der Waals surface area contributed by atoms with Crippen LogP contribution >= 0.6 is 11.6 Å². The number of halogens is 1. The minimum Gasteiger partial charge on any atom is -0.475 e. The standard InChI is InChI=1S/C21H25ClN6O5S/c1-12(2)33-18(19-24-7-14(22)8-25-19)13(3)34(30,31)11-17-26-27-20-16-5-4-6-23-21(16)32-10-15(9-29)28(17)20/h4-8,12-13,15,18,29H,9-11H2,1-3H3/t13-,15+,18+/m0/s1. The van der Waals surface area contributed by atoms with Gasteiger partial charge in [0, 0.05) is 18.6 Å². The fourth-order valence-corrected chi connectivity index (χ4v) is 5.17. The molecule has 3 aromatic rings. The lowest BCUT2D eigenvalue weighted by molar-refractivity contribution is 0.00142. The maximum atomic E-state index is 13.5. The fraction of sp³-hybridized carbons (Fsp3) is 0.476. The molecule has 0 aliphatic carbocycles. The van der Waals surface area contributed by atoms with Crippen LogP contribution in [-0.4, -0.2) is 67.8 Å². The summed E-state index contributed by atoms with van der Waals surface area (Å²) in [6.45, 7) is 4.95. The fourth-order valence-electron chi connectivity index (χ4n) is 3.69. The summed E-state index contributed by atoms with van der Waals surface area (Å²) in [6.07, 6.45) is 3.19. The van der Waals surface area contributed by atoms with Crippen LogP contribution in [0.25, 0.3) is 11.4 Å². The first-order chi connectivity index (χ1) is 16.2. The van der Waals surface area contributed by atoms with Gasteiger partial charge in [0.1, 0.15) is 24.3 Å². The van der Waals surface area contributed by atoms with Crippen LogP contribution in [0.1, 0.15) is 44.6 Å². The Morgan fingerprint density at radius 2 is 1.97 bits per heavy atom. The number of fused-ring (bicyclic) bond motifs is 3. The molecule has 0 saturated carbocycles. The van der Waals surface area contributed by atoms with Crippen LogP contribution in [-0.2, 0) is 20.3 Å². The number of hydrogen-bond donors (Lipinski definition) is 1. The molecular weight excluding hydrogens is 484 g/mol. The van der Waals surface area contributed by atoms with E-state index in [0.717, 1.165) is 0 Å². The molecule has 182 valence electrons. The van der Waals surface area contributed by atoms with E-state index in [0.29, 0.717) is 22.3 Å². The highest BCUT2D eigenvalue weighted by molar-refractivity contribution is 7.91. The average molecular weight is 509 g/mol. The second-order valence-electron chi connectivity index (χ2n) is 8.19. The van der Waals surface area contributed by atoms with Gasteiger partial charge in [0.2, 0.25) is 5.88 Å². The third-order valence-electron chi connectivity index (χ3n) is 5.40. The first kappa shape index (κ1) is 24.5. The van der Waals surface area contributed by atoms with Gasteiger partial charge in [-0.3, -0.25) is 0 Å². The van der Waals surface area contributed by atoms with Crippen molar-refractivity contribution in [2.45, 2.75) is 50.0 Å². The summed E-state index contributed by atoms with van der Waals surface area (Å²) in [6, 6.07) is 2.90. The van der Waals surface area contributed by atoms with Gasteiger partial charge in [-0.1, -0.05) is 11.6 Å². The molecule has 0 unspecified atom stereocenters. The molecule has 0 fully saturated rings. The maximum Gasteiger partial charge on any atom is 0.224 e. The number of hydrogen-bond acceptors (Lipinski definition) is 10. The van der Waals surface area contributed by atoms with Crippen LogP contribution in [0.4, 0.5) is 0 Å². The number of ether oxygens (including phenoxy) is 2. The smallest absolute Gasteiger partial charge is 0.224 e. The highest BCUT2D eigenvalue weighted by Crippen LogP contribution is 2.34. The van der Waals surface area contributed by atoms with Gasteiger partial charge in [-0.25, -0.2) is 23.4 Å². The molecule has 0 spiro atoms. The lowest BCUT2D eigenvalue weighted by Gasteiger charge is -2.25. The Morgan fingerprint density at radius 3 is 2.65 bits per heavy atom. The molecule has 1 aliphatic heterocycles. The van der Waals surface area contributed by atoms with Crippen LogP contribution in [0.3, 0.4) is 0 Å². The zero-order valence-electron chi connectivity index (χ0n) is 18.9. The molecule has 4 rings (SSSR count). The molecule has 1 aliphatic rings. The van der Waals surface area contributed by atoms with Crippen LogP contribution in [0.2, 0.25) is 5.02 Å². The van der Waals surface area contributed by atoms with Gasteiger partial charge in [-0.05, 0) is 32.9 Å². The largest absolute Gasteiger partial charge is 0.475 e. The summed E-state index contributed by atoms with van der Waals surface area (Å²) in [5.74, 6) is 0.699. The molecule has 0 aromatic carbocycles. The predicted molar refractivity (Wildman–Crippen MR) is 123 cm³/mol. The van der Waals surface area contributed by atoms with Crippen molar-refractivity contribution in [3.8, 4) is 17.3 Å². The van der Waals surface area contributed by atoms with E-state index < -0.39 is 33.0 Å². The minimum absolute atomic E-state index is 0.0891. The molecule has 0 saturated heterocycles. The van der Waals surface area contributed by atoms with E-state index in [2.05, 4.69) is 25.1 Å². The lowest BCUT2D eigenvalue weighted by atomic mass is 10.2. The summed E-state index contributed by atoms with van der Waals surface area (Å²) in [5, 5.41) is 17.7. The van der Waals surface area contributed by atoms with Crippen molar-refractivity contribution in [2.24, 2.45) is 0 Å². The van der Waals surface area contributed by atoms with Crippen molar-refractivity contribution >= 4 is 21.4 Å². The topological polar surface area (TPSA) is 142 Å². The van der Waals surface area contributed by atoms with Crippen LogP contribution in [0.15, 0.2) is 30.7 Å². The van der Waals surface area contributed by atoms with Gasteiger partial charge in [0.05, 0.1) is 34.6 Å². The Kier molecular flexibility index (Phi) is 7.12. The SMILES string of the molecule is CC(C)O[C@@H](c1ncc(Cl)cn1)[C@H](C)S(=O)(=O)Cc1nnc2n1[C@H](CO)COc1ncccc1-2. The maximum absolute atomic E-state index is 13.5. The van der Waals surface area contributed by atoms with E-state index in [4.69, 9.17) is 21.1 Å². The Bertz CT molecular complexity index is 1250. The second kappa shape index (κ2) is 9.90. The summed E-state index contributed by atoms with van der Waals surface area (Å²) in [4.78, 5) is 12.6.